The molecule has 0 aliphatic carbocycles. The quantitative estimate of drug-likeness (QED) is 0.806. The van der Waals surface area contributed by atoms with Crippen LogP contribution in [0.5, 0.6) is 0 Å². The summed E-state index contributed by atoms with van der Waals surface area (Å²) >= 11 is 0. The number of benzene rings is 1. The Morgan fingerprint density at radius 1 is 1.17 bits per heavy atom. The van der Waals surface area contributed by atoms with Gasteiger partial charge >= 0.3 is 0 Å². The van der Waals surface area contributed by atoms with Crippen molar-refractivity contribution in [3.05, 3.63) is 52.7 Å². The predicted molar refractivity (Wildman–Crippen MR) is 78.7 cm³/mol. The van der Waals surface area contributed by atoms with E-state index in [1.807, 2.05) is 13.0 Å². The summed E-state index contributed by atoms with van der Waals surface area (Å²) in [4.78, 5) is 15.8. The van der Waals surface area contributed by atoms with E-state index in [2.05, 4.69) is 10.1 Å². The third kappa shape index (κ3) is 3.28. The number of halogens is 3. The Labute approximate surface area is 136 Å². The first-order chi connectivity index (χ1) is 11.5. The summed E-state index contributed by atoms with van der Waals surface area (Å²) in [6, 6.07) is 3.57. The Bertz CT molecular complexity index is 755. The topological polar surface area (TPSA) is 49.6 Å². The first-order valence-electron chi connectivity index (χ1n) is 7.53. The minimum Gasteiger partial charge on any atom is -0.361 e. The predicted octanol–water partition coefficient (Wildman–Crippen LogP) is 2.36. The molecule has 1 aliphatic rings. The molecule has 0 saturated carbocycles. The van der Waals surface area contributed by atoms with Crippen molar-refractivity contribution in [2.24, 2.45) is 0 Å². The largest absolute Gasteiger partial charge is 0.361 e. The van der Waals surface area contributed by atoms with Crippen LogP contribution >= 0.6 is 0 Å². The highest BCUT2D eigenvalue weighted by Gasteiger charge is 2.26. The van der Waals surface area contributed by atoms with Crippen molar-refractivity contribution in [1.82, 2.24) is 15.0 Å². The molecule has 1 saturated heterocycles. The number of hydrogen-bond donors (Lipinski definition) is 0. The Morgan fingerprint density at radius 3 is 2.50 bits per heavy atom. The zero-order valence-electron chi connectivity index (χ0n) is 13.1. The van der Waals surface area contributed by atoms with Gasteiger partial charge < -0.3 is 9.42 Å². The van der Waals surface area contributed by atoms with E-state index in [4.69, 9.17) is 4.52 Å². The van der Waals surface area contributed by atoms with Crippen LogP contribution in [0.1, 0.15) is 21.8 Å². The fourth-order valence-corrected chi connectivity index (χ4v) is 2.69. The van der Waals surface area contributed by atoms with Crippen LogP contribution in [-0.2, 0) is 6.54 Å². The Hall–Kier alpha value is -2.35. The third-order valence-corrected chi connectivity index (χ3v) is 3.99. The van der Waals surface area contributed by atoms with Crippen LogP contribution in [0.4, 0.5) is 13.2 Å². The molecule has 8 heteroatoms. The third-order valence-electron chi connectivity index (χ3n) is 3.99. The van der Waals surface area contributed by atoms with Crippen LogP contribution in [0.3, 0.4) is 0 Å². The summed E-state index contributed by atoms with van der Waals surface area (Å²) in [5, 5.41) is 3.92. The van der Waals surface area contributed by atoms with E-state index in [0.29, 0.717) is 32.7 Å². The molecule has 1 amide bonds. The lowest BCUT2D eigenvalue weighted by Gasteiger charge is -2.34. The van der Waals surface area contributed by atoms with Crippen LogP contribution in [0, 0.1) is 24.4 Å². The zero-order chi connectivity index (χ0) is 17.3. The van der Waals surface area contributed by atoms with Gasteiger partial charge in [0.1, 0.15) is 5.76 Å². The number of rotatable bonds is 3. The van der Waals surface area contributed by atoms with Crippen molar-refractivity contribution in [2.75, 3.05) is 26.2 Å². The maximum absolute atomic E-state index is 13.7. The molecule has 24 heavy (non-hydrogen) atoms. The standard InChI is InChI=1S/C16H16F3N3O2/c1-10-8-11(20-24-10)9-21-4-6-22(7-5-21)16(23)12-2-3-13(17)15(19)14(12)18/h2-3,8H,4-7,9H2,1H3. The Balaban J connectivity index is 1.62. The number of piperazine rings is 1. The van der Waals surface area contributed by atoms with Gasteiger partial charge in [0.05, 0.1) is 11.3 Å². The minimum atomic E-state index is -1.62. The molecule has 5 nitrogen and oxygen atoms in total. The highest BCUT2D eigenvalue weighted by atomic mass is 19.2. The number of aromatic nitrogens is 1. The molecule has 128 valence electrons. The van der Waals surface area contributed by atoms with Crippen molar-refractivity contribution in [3.8, 4) is 0 Å². The van der Waals surface area contributed by atoms with Gasteiger partial charge in [0, 0.05) is 38.8 Å². The molecule has 1 aromatic heterocycles. The molecular formula is C16H16F3N3O2. The first kappa shape index (κ1) is 16.5. The normalized spacial score (nSPS) is 15.8. The van der Waals surface area contributed by atoms with E-state index in [0.717, 1.165) is 23.6 Å². The summed E-state index contributed by atoms with van der Waals surface area (Å²) in [6.45, 7) is 4.29. The van der Waals surface area contributed by atoms with Crippen molar-refractivity contribution in [1.29, 1.82) is 0 Å². The van der Waals surface area contributed by atoms with E-state index < -0.39 is 28.9 Å². The van der Waals surface area contributed by atoms with E-state index in [1.165, 1.54) is 4.90 Å². The molecule has 0 bridgehead atoms. The minimum absolute atomic E-state index is 0.369. The van der Waals surface area contributed by atoms with Crippen LogP contribution in [-0.4, -0.2) is 47.0 Å². The summed E-state index contributed by atoms with van der Waals surface area (Å²) in [7, 11) is 0. The van der Waals surface area contributed by atoms with Crippen LogP contribution in [0.2, 0.25) is 0 Å². The van der Waals surface area contributed by atoms with Gasteiger partial charge in [0.15, 0.2) is 17.5 Å². The lowest BCUT2D eigenvalue weighted by atomic mass is 10.1. The molecule has 1 aromatic carbocycles. The summed E-state index contributed by atoms with van der Waals surface area (Å²) in [5.41, 5.74) is 0.355. The zero-order valence-corrected chi connectivity index (χ0v) is 13.1. The van der Waals surface area contributed by atoms with Crippen molar-refractivity contribution in [2.45, 2.75) is 13.5 Å². The monoisotopic (exact) mass is 339 g/mol. The van der Waals surface area contributed by atoms with Gasteiger partial charge in [-0.2, -0.15) is 0 Å². The van der Waals surface area contributed by atoms with Crippen LogP contribution in [0.25, 0.3) is 0 Å². The Morgan fingerprint density at radius 2 is 1.88 bits per heavy atom. The molecule has 2 aromatic rings. The van der Waals surface area contributed by atoms with Gasteiger partial charge in [-0.15, -0.1) is 0 Å². The molecule has 2 heterocycles. The lowest BCUT2D eigenvalue weighted by molar-refractivity contribution is 0.0620. The van der Waals surface area contributed by atoms with Gasteiger partial charge in [-0.3, -0.25) is 9.69 Å². The molecule has 0 atom stereocenters. The molecule has 1 aliphatic heterocycles. The maximum atomic E-state index is 13.7. The number of nitrogens with zero attached hydrogens (tertiary/aromatic N) is 3. The average molecular weight is 339 g/mol. The van der Waals surface area contributed by atoms with Gasteiger partial charge in [0.2, 0.25) is 0 Å². The second-order valence-corrected chi connectivity index (χ2v) is 5.72. The molecule has 0 radical (unpaired) electrons. The van der Waals surface area contributed by atoms with E-state index >= 15 is 0 Å². The second kappa shape index (κ2) is 6.64. The maximum Gasteiger partial charge on any atom is 0.257 e. The van der Waals surface area contributed by atoms with Gasteiger partial charge in [0.25, 0.3) is 5.91 Å². The smallest absolute Gasteiger partial charge is 0.257 e. The van der Waals surface area contributed by atoms with Crippen LogP contribution in [0.15, 0.2) is 22.7 Å². The fourth-order valence-electron chi connectivity index (χ4n) is 2.69. The van der Waals surface area contributed by atoms with Crippen molar-refractivity contribution < 1.29 is 22.5 Å². The number of hydrogen-bond acceptors (Lipinski definition) is 4. The van der Waals surface area contributed by atoms with Crippen molar-refractivity contribution >= 4 is 5.91 Å². The summed E-state index contributed by atoms with van der Waals surface area (Å²) < 4.78 is 45.0. The van der Waals surface area contributed by atoms with Crippen LogP contribution < -0.4 is 0 Å². The average Bonchev–Trinajstić information content (AvgIpc) is 2.98. The molecular weight excluding hydrogens is 323 g/mol. The van der Waals surface area contributed by atoms with Crippen molar-refractivity contribution in [3.63, 3.8) is 0 Å². The lowest BCUT2D eigenvalue weighted by Crippen LogP contribution is -2.48. The number of aryl methyl sites for hydroxylation is 1. The number of carbonyl (C=O) groups is 1. The second-order valence-electron chi connectivity index (χ2n) is 5.72. The first-order valence-corrected chi connectivity index (χ1v) is 7.53. The molecule has 3 rings (SSSR count). The molecule has 0 unspecified atom stereocenters. The van der Waals surface area contributed by atoms with Gasteiger partial charge in [-0.25, -0.2) is 13.2 Å². The molecule has 1 fully saturated rings. The van der Waals surface area contributed by atoms with E-state index in [-0.39, 0.29) is 0 Å². The number of carbonyl (C=O) groups excluding carboxylic acids is 1. The molecule has 0 N–H and O–H groups in total. The SMILES string of the molecule is Cc1cc(CN2CCN(C(=O)c3ccc(F)c(F)c3F)CC2)no1. The Kier molecular flexibility index (Phi) is 4.57. The van der Waals surface area contributed by atoms with E-state index in [9.17, 15) is 18.0 Å². The highest BCUT2D eigenvalue weighted by Crippen LogP contribution is 2.18. The fraction of sp³-hybridized carbons (Fsp3) is 0.375. The van der Waals surface area contributed by atoms with Gasteiger partial charge in [-0.05, 0) is 19.1 Å². The highest BCUT2D eigenvalue weighted by molar-refractivity contribution is 5.94. The van der Waals surface area contributed by atoms with Gasteiger partial charge in [-0.1, -0.05) is 5.16 Å². The molecule has 0 spiro atoms. The number of amides is 1. The van der Waals surface area contributed by atoms with E-state index in [1.54, 1.807) is 0 Å². The summed E-state index contributed by atoms with van der Waals surface area (Å²) in [6.07, 6.45) is 0. The summed E-state index contributed by atoms with van der Waals surface area (Å²) in [5.74, 6) is -4.28.